The van der Waals surface area contributed by atoms with Crippen LogP contribution in [0.15, 0.2) is 35.5 Å². The molecule has 1 N–H and O–H groups in total. The highest BCUT2D eigenvalue weighted by atomic mass is 32.2. The number of rotatable bonds is 5. The van der Waals surface area contributed by atoms with Gasteiger partial charge < -0.3 is 14.4 Å². The number of nitrogens with zero attached hydrogens (tertiary/aromatic N) is 4. The number of aromatic nitrogens is 3. The fourth-order valence-corrected chi connectivity index (χ4v) is 4.02. The molecule has 1 atom stereocenters. The van der Waals surface area contributed by atoms with Gasteiger partial charge in [0, 0.05) is 12.6 Å². The van der Waals surface area contributed by atoms with E-state index in [4.69, 9.17) is 0 Å². The number of benzene rings is 1. The lowest BCUT2D eigenvalue weighted by atomic mass is 10.2. The third-order valence-electron chi connectivity index (χ3n) is 4.78. The highest BCUT2D eigenvalue weighted by molar-refractivity contribution is 8.00. The van der Waals surface area contributed by atoms with E-state index in [-0.39, 0.29) is 11.2 Å². The van der Waals surface area contributed by atoms with Crippen LogP contribution in [0.2, 0.25) is 0 Å². The van der Waals surface area contributed by atoms with Crippen molar-refractivity contribution in [2.45, 2.75) is 24.3 Å². The van der Waals surface area contributed by atoms with Crippen molar-refractivity contribution in [3.8, 4) is 11.4 Å². The standard InChI is InChI=1S/C18H25N5OS/c1-4-22-10-12-23(13-11-22)17(24)14(2)25-18-20-19-16(21(18)3)15-8-6-5-7-9-15/h5-9,14H,4,10-13H2,1-3H3/p+1/t14-/m1/s1. The van der Waals surface area contributed by atoms with Crippen LogP contribution in [0.4, 0.5) is 0 Å². The Balaban J connectivity index is 1.64. The van der Waals surface area contributed by atoms with Crippen LogP contribution in [-0.4, -0.2) is 63.5 Å². The fraction of sp³-hybridized carbons (Fsp3) is 0.500. The minimum atomic E-state index is -0.158. The molecule has 0 aliphatic carbocycles. The summed E-state index contributed by atoms with van der Waals surface area (Å²) in [6, 6.07) is 9.99. The van der Waals surface area contributed by atoms with Gasteiger partial charge in [0.05, 0.1) is 38.0 Å². The maximum atomic E-state index is 12.7. The van der Waals surface area contributed by atoms with Gasteiger partial charge in [-0.1, -0.05) is 42.1 Å². The minimum Gasteiger partial charge on any atom is -0.332 e. The second-order valence-electron chi connectivity index (χ2n) is 6.42. The van der Waals surface area contributed by atoms with Gasteiger partial charge in [-0.15, -0.1) is 10.2 Å². The largest absolute Gasteiger partial charge is 0.332 e. The number of hydrogen-bond donors (Lipinski definition) is 1. The van der Waals surface area contributed by atoms with Gasteiger partial charge >= 0.3 is 0 Å². The molecule has 0 bridgehead atoms. The molecule has 6 nitrogen and oxygen atoms in total. The lowest BCUT2D eigenvalue weighted by molar-refractivity contribution is -0.902. The van der Waals surface area contributed by atoms with Gasteiger partial charge in [0.15, 0.2) is 11.0 Å². The van der Waals surface area contributed by atoms with E-state index in [2.05, 4.69) is 17.1 Å². The molecule has 0 saturated carbocycles. The van der Waals surface area contributed by atoms with Crippen molar-refractivity contribution in [1.29, 1.82) is 0 Å². The SMILES string of the molecule is CC[NH+]1CCN(C(=O)[C@@H](C)Sc2nnc(-c3ccccc3)n2C)CC1. The van der Waals surface area contributed by atoms with E-state index in [0.29, 0.717) is 0 Å². The maximum absolute atomic E-state index is 12.7. The first-order valence-corrected chi connectivity index (χ1v) is 9.72. The minimum absolute atomic E-state index is 0.158. The first kappa shape index (κ1) is 17.9. The van der Waals surface area contributed by atoms with E-state index in [1.165, 1.54) is 11.8 Å². The molecule has 1 amide bonds. The molecule has 1 aromatic carbocycles. The van der Waals surface area contributed by atoms with Gasteiger partial charge in [-0.3, -0.25) is 4.79 Å². The number of amides is 1. The van der Waals surface area contributed by atoms with E-state index in [9.17, 15) is 4.79 Å². The summed E-state index contributed by atoms with van der Waals surface area (Å²) in [7, 11) is 1.95. The number of hydrogen-bond acceptors (Lipinski definition) is 4. The molecule has 0 spiro atoms. The van der Waals surface area contributed by atoms with Crippen molar-refractivity contribution in [3.63, 3.8) is 0 Å². The topological polar surface area (TPSA) is 55.5 Å². The van der Waals surface area contributed by atoms with Crippen LogP contribution in [0.25, 0.3) is 11.4 Å². The number of thioether (sulfide) groups is 1. The van der Waals surface area contributed by atoms with E-state index >= 15 is 0 Å². The molecule has 134 valence electrons. The molecule has 3 rings (SSSR count). The molecule has 25 heavy (non-hydrogen) atoms. The molecular weight excluding hydrogens is 334 g/mol. The highest BCUT2D eigenvalue weighted by Crippen LogP contribution is 2.26. The monoisotopic (exact) mass is 360 g/mol. The van der Waals surface area contributed by atoms with Crippen LogP contribution in [0.3, 0.4) is 0 Å². The highest BCUT2D eigenvalue weighted by Gasteiger charge is 2.28. The summed E-state index contributed by atoms with van der Waals surface area (Å²) in [5.41, 5.74) is 1.03. The van der Waals surface area contributed by atoms with E-state index in [0.717, 1.165) is 49.3 Å². The summed E-state index contributed by atoms with van der Waals surface area (Å²) < 4.78 is 1.96. The lowest BCUT2D eigenvalue weighted by Crippen LogP contribution is -3.14. The van der Waals surface area contributed by atoms with Gasteiger partial charge in [0.25, 0.3) is 0 Å². The number of piperazine rings is 1. The van der Waals surface area contributed by atoms with Crippen LogP contribution < -0.4 is 4.90 Å². The quantitative estimate of drug-likeness (QED) is 0.798. The Labute approximate surface area is 153 Å². The Kier molecular flexibility index (Phi) is 5.75. The first-order chi connectivity index (χ1) is 12.1. The zero-order valence-electron chi connectivity index (χ0n) is 15.1. The molecule has 0 unspecified atom stereocenters. The molecule has 1 fully saturated rings. The molecule has 0 radical (unpaired) electrons. The second-order valence-corrected chi connectivity index (χ2v) is 7.73. The third-order valence-corrected chi connectivity index (χ3v) is 5.90. The predicted octanol–water partition coefficient (Wildman–Crippen LogP) is 0.710. The van der Waals surface area contributed by atoms with Crippen LogP contribution in [0.5, 0.6) is 0 Å². The molecule has 1 aliphatic rings. The van der Waals surface area contributed by atoms with Crippen molar-refractivity contribution >= 4 is 17.7 Å². The van der Waals surface area contributed by atoms with Gasteiger partial charge in [0.1, 0.15) is 0 Å². The Hall–Kier alpha value is -1.86. The van der Waals surface area contributed by atoms with Crippen LogP contribution >= 0.6 is 11.8 Å². The Morgan fingerprint density at radius 1 is 1.24 bits per heavy atom. The Bertz CT molecular complexity index is 710. The smallest absolute Gasteiger partial charge is 0.236 e. The average molecular weight is 361 g/mol. The summed E-state index contributed by atoms with van der Waals surface area (Å²) in [5.74, 6) is 1.02. The van der Waals surface area contributed by atoms with Crippen molar-refractivity contribution in [1.82, 2.24) is 19.7 Å². The number of carbonyl (C=O) groups excluding carboxylic acids is 1. The molecular formula is C18H26N5OS+. The van der Waals surface area contributed by atoms with E-state index < -0.39 is 0 Å². The van der Waals surface area contributed by atoms with Gasteiger partial charge in [-0.05, 0) is 13.8 Å². The number of nitrogens with one attached hydrogen (secondary N) is 1. The Morgan fingerprint density at radius 3 is 2.56 bits per heavy atom. The molecule has 2 aromatic rings. The molecule has 1 aliphatic heterocycles. The fourth-order valence-electron chi connectivity index (χ4n) is 3.12. The number of quaternary nitrogens is 1. The van der Waals surface area contributed by atoms with Crippen molar-refractivity contribution in [3.05, 3.63) is 30.3 Å². The average Bonchev–Trinajstić information content (AvgIpc) is 3.02. The first-order valence-electron chi connectivity index (χ1n) is 8.84. The van der Waals surface area contributed by atoms with Crippen molar-refractivity contribution in [2.24, 2.45) is 7.05 Å². The zero-order chi connectivity index (χ0) is 17.8. The lowest BCUT2D eigenvalue weighted by Gasteiger charge is -2.32. The summed E-state index contributed by atoms with van der Waals surface area (Å²) >= 11 is 1.49. The van der Waals surface area contributed by atoms with Crippen molar-refractivity contribution < 1.29 is 9.69 Å². The molecule has 1 aromatic heterocycles. The normalized spacial score (nSPS) is 16.8. The summed E-state index contributed by atoms with van der Waals surface area (Å²) in [6.45, 7) is 9.08. The predicted molar refractivity (Wildman–Crippen MR) is 99.6 cm³/mol. The summed E-state index contributed by atoms with van der Waals surface area (Å²) in [4.78, 5) is 16.3. The van der Waals surface area contributed by atoms with Crippen molar-refractivity contribution in [2.75, 3.05) is 32.7 Å². The molecule has 7 heteroatoms. The van der Waals surface area contributed by atoms with Crippen LogP contribution in [-0.2, 0) is 11.8 Å². The van der Waals surface area contributed by atoms with Crippen LogP contribution in [0, 0.1) is 0 Å². The Morgan fingerprint density at radius 2 is 1.92 bits per heavy atom. The van der Waals surface area contributed by atoms with Gasteiger partial charge in [-0.2, -0.15) is 0 Å². The van der Waals surface area contributed by atoms with E-state index in [1.807, 2.05) is 53.8 Å². The van der Waals surface area contributed by atoms with Crippen LogP contribution in [0.1, 0.15) is 13.8 Å². The summed E-state index contributed by atoms with van der Waals surface area (Å²) in [6.07, 6.45) is 0. The van der Waals surface area contributed by atoms with E-state index in [1.54, 1.807) is 4.90 Å². The third kappa shape index (κ3) is 4.04. The summed E-state index contributed by atoms with van der Waals surface area (Å²) in [5, 5.41) is 9.20. The number of carbonyl (C=O) groups is 1. The number of likely N-dealkylation sites (N-methyl/N-ethyl adjacent to an activating group) is 1. The zero-order valence-corrected chi connectivity index (χ0v) is 15.9. The van der Waals surface area contributed by atoms with Gasteiger partial charge in [0.2, 0.25) is 5.91 Å². The maximum Gasteiger partial charge on any atom is 0.236 e. The second kappa shape index (κ2) is 8.01. The molecule has 2 heterocycles. The van der Waals surface area contributed by atoms with Gasteiger partial charge in [-0.25, -0.2) is 0 Å². The molecule has 1 saturated heterocycles.